The van der Waals surface area contributed by atoms with Gasteiger partial charge in [-0.1, -0.05) is 0 Å². The molecule has 0 radical (unpaired) electrons. The summed E-state index contributed by atoms with van der Waals surface area (Å²) in [5, 5.41) is 8.78. The molecule has 1 amide bonds. The zero-order valence-corrected chi connectivity index (χ0v) is 13.0. The number of carbonyl (C=O) groups excluding carboxylic acids is 1. The Morgan fingerprint density at radius 2 is 1.86 bits per heavy atom. The highest BCUT2D eigenvalue weighted by Gasteiger charge is 2.26. The Morgan fingerprint density at radius 1 is 1.29 bits per heavy atom. The SMILES string of the molecule is CCN(CC)C(=O)CN(C)S(=O)(=O)c1c[nH]c(C(=O)O)c1. The Balaban J connectivity index is 2.91. The lowest BCUT2D eigenvalue weighted by atomic mass is 10.4. The van der Waals surface area contributed by atoms with Gasteiger partial charge in [-0.15, -0.1) is 0 Å². The van der Waals surface area contributed by atoms with Crippen molar-refractivity contribution in [1.29, 1.82) is 0 Å². The highest BCUT2D eigenvalue weighted by Crippen LogP contribution is 2.15. The van der Waals surface area contributed by atoms with Crippen molar-refractivity contribution in [3.63, 3.8) is 0 Å². The van der Waals surface area contributed by atoms with Crippen LogP contribution in [0.3, 0.4) is 0 Å². The molecule has 0 aliphatic heterocycles. The number of nitrogens with one attached hydrogen (secondary N) is 1. The number of hydrogen-bond acceptors (Lipinski definition) is 4. The summed E-state index contributed by atoms with van der Waals surface area (Å²) in [4.78, 5) is 26.4. The summed E-state index contributed by atoms with van der Waals surface area (Å²) in [5.41, 5.74) is -0.225. The van der Waals surface area contributed by atoms with Crippen molar-refractivity contribution in [2.24, 2.45) is 0 Å². The number of aromatic nitrogens is 1. The molecule has 0 saturated carbocycles. The molecule has 0 aromatic carbocycles. The molecule has 0 bridgehead atoms. The first-order valence-corrected chi connectivity index (χ1v) is 7.83. The summed E-state index contributed by atoms with van der Waals surface area (Å²) in [6.07, 6.45) is 1.09. The number of hydrogen-bond donors (Lipinski definition) is 2. The fourth-order valence-electron chi connectivity index (χ4n) is 1.78. The summed E-state index contributed by atoms with van der Waals surface area (Å²) < 4.78 is 25.4. The topological polar surface area (TPSA) is 111 Å². The number of nitrogens with zero attached hydrogens (tertiary/aromatic N) is 2. The molecule has 0 aliphatic carbocycles. The van der Waals surface area contributed by atoms with E-state index in [9.17, 15) is 18.0 Å². The number of sulfonamides is 1. The van der Waals surface area contributed by atoms with Gasteiger partial charge in [0.1, 0.15) is 10.6 Å². The predicted octanol–water partition coefficient (Wildman–Crippen LogP) is 0.202. The van der Waals surface area contributed by atoms with E-state index in [1.54, 1.807) is 13.8 Å². The second-order valence-corrected chi connectivity index (χ2v) is 6.43. The third kappa shape index (κ3) is 3.82. The molecular formula is C12H19N3O5S. The standard InChI is InChI=1S/C12H19N3O5S/c1-4-15(5-2)11(16)8-14(3)21(19,20)9-6-10(12(17)18)13-7-9/h6-7,13H,4-5,8H2,1-3H3,(H,17,18). The number of carboxylic acid groups (broad SMARTS) is 1. The van der Waals surface area contributed by atoms with E-state index in [2.05, 4.69) is 4.98 Å². The minimum absolute atomic E-state index is 0.185. The van der Waals surface area contributed by atoms with Crippen LogP contribution >= 0.6 is 0 Å². The van der Waals surface area contributed by atoms with Gasteiger partial charge in [0.2, 0.25) is 15.9 Å². The molecule has 1 aromatic heterocycles. The minimum atomic E-state index is -3.91. The molecule has 0 unspecified atom stereocenters. The van der Waals surface area contributed by atoms with Crippen LogP contribution < -0.4 is 0 Å². The smallest absolute Gasteiger partial charge is 0.352 e. The first kappa shape index (κ1) is 17.2. The van der Waals surface area contributed by atoms with E-state index in [0.717, 1.165) is 16.6 Å². The van der Waals surface area contributed by atoms with Crippen LogP contribution in [0, 0.1) is 0 Å². The van der Waals surface area contributed by atoms with Crippen LogP contribution in [0.4, 0.5) is 0 Å². The van der Waals surface area contributed by atoms with Gasteiger partial charge in [0.15, 0.2) is 0 Å². The Kier molecular flexibility index (Phi) is 5.50. The molecule has 0 aliphatic rings. The van der Waals surface area contributed by atoms with E-state index in [0.29, 0.717) is 13.1 Å². The molecule has 1 rings (SSSR count). The fraction of sp³-hybridized carbons (Fsp3) is 0.500. The van der Waals surface area contributed by atoms with Crippen LogP contribution in [0.1, 0.15) is 24.3 Å². The Morgan fingerprint density at radius 3 is 2.29 bits per heavy atom. The average molecular weight is 317 g/mol. The van der Waals surface area contributed by atoms with Crippen molar-refractivity contribution >= 4 is 21.9 Å². The van der Waals surface area contributed by atoms with E-state index in [1.807, 2.05) is 0 Å². The average Bonchev–Trinajstić information content (AvgIpc) is 2.90. The summed E-state index contributed by atoms with van der Waals surface area (Å²) >= 11 is 0. The lowest BCUT2D eigenvalue weighted by Crippen LogP contribution is -2.40. The van der Waals surface area contributed by atoms with Crippen LogP contribution in [0.15, 0.2) is 17.2 Å². The largest absolute Gasteiger partial charge is 0.477 e. The number of aromatic carboxylic acids is 1. The summed E-state index contributed by atoms with van der Waals surface area (Å²) in [5.74, 6) is -1.56. The highest BCUT2D eigenvalue weighted by molar-refractivity contribution is 7.89. The van der Waals surface area contributed by atoms with E-state index >= 15 is 0 Å². The van der Waals surface area contributed by atoms with Crippen molar-refractivity contribution in [3.05, 3.63) is 18.0 Å². The summed E-state index contributed by atoms with van der Waals surface area (Å²) in [6, 6.07) is 1.02. The van der Waals surface area contributed by atoms with Crippen molar-refractivity contribution in [1.82, 2.24) is 14.2 Å². The van der Waals surface area contributed by atoms with Crippen molar-refractivity contribution in [3.8, 4) is 0 Å². The quantitative estimate of drug-likeness (QED) is 0.746. The molecule has 118 valence electrons. The van der Waals surface area contributed by atoms with Crippen LogP contribution in [0.2, 0.25) is 0 Å². The zero-order chi connectivity index (χ0) is 16.2. The fourth-order valence-corrected chi connectivity index (χ4v) is 2.89. The number of carbonyl (C=O) groups is 2. The molecular weight excluding hydrogens is 298 g/mol. The van der Waals surface area contributed by atoms with Crippen molar-refractivity contribution in [2.45, 2.75) is 18.7 Å². The van der Waals surface area contributed by atoms with E-state index < -0.39 is 16.0 Å². The van der Waals surface area contributed by atoms with Crippen LogP contribution in [-0.2, 0) is 14.8 Å². The third-order valence-corrected chi connectivity index (χ3v) is 4.85. The van der Waals surface area contributed by atoms with Gasteiger partial charge in [0.05, 0.1) is 6.54 Å². The van der Waals surface area contributed by atoms with E-state index in [4.69, 9.17) is 5.11 Å². The lowest BCUT2D eigenvalue weighted by Gasteiger charge is -2.22. The van der Waals surface area contributed by atoms with Gasteiger partial charge in [0.25, 0.3) is 0 Å². The Labute approximate surface area is 123 Å². The maximum Gasteiger partial charge on any atom is 0.352 e. The van der Waals surface area contributed by atoms with Gasteiger partial charge >= 0.3 is 5.97 Å². The number of amides is 1. The van der Waals surface area contributed by atoms with Gasteiger partial charge in [-0.3, -0.25) is 4.79 Å². The molecule has 0 fully saturated rings. The maximum atomic E-state index is 12.2. The number of likely N-dealkylation sites (N-methyl/N-ethyl adjacent to an activating group) is 2. The van der Waals surface area contributed by atoms with Gasteiger partial charge in [0, 0.05) is 26.3 Å². The summed E-state index contributed by atoms with van der Waals surface area (Å²) in [7, 11) is -2.62. The van der Waals surface area contributed by atoms with E-state index in [-0.39, 0.29) is 23.0 Å². The van der Waals surface area contributed by atoms with Crippen molar-refractivity contribution in [2.75, 3.05) is 26.7 Å². The number of H-pyrrole nitrogens is 1. The molecule has 1 aromatic rings. The third-order valence-electron chi connectivity index (χ3n) is 3.07. The van der Waals surface area contributed by atoms with Crippen LogP contribution in [0.5, 0.6) is 0 Å². The highest BCUT2D eigenvalue weighted by atomic mass is 32.2. The Hall–Kier alpha value is -1.87. The molecule has 2 N–H and O–H groups in total. The van der Waals surface area contributed by atoms with Crippen molar-refractivity contribution < 1.29 is 23.1 Å². The van der Waals surface area contributed by atoms with Crippen LogP contribution in [0.25, 0.3) is 0 Å². The number of carboxylic acids is 1. The zero-order valence-electron chi connectivity index (χ0n) is 12.2. The lowest BCUT2D eigenvalue weighted by molar-refractivity contribution is -0.130. The molecule has 8 nitrogen and oxygen atoms in total. The first-order chi connectivity index (χ1) is 9.73. The maximum absolute atomic E-state index is 12.2. The minimum Gasteiger partial charge on any atom is -0.477 e. The van der Waals surface area contributed by atoms with Gasteiger partial charge in [-0.05, 0) is 19.9 Å². The molecule has 0 spiro atoms. The molecule has 0 atom stereocenters. The molecule has 21 heavy (non-hydrogen) atoms. The molecule has 1 heterocycles. The number of aromatic amines is 1. The Bertz CT molecular complexity index is 619. The van der Waals surface area contributed by atoms with Gasteiger partial charge < -0.3 is 15.0 Å². The normalized spacial score (nSPS) is 11.6. The number of rotatable bonds is 7. The monoisotopic (exact) mass is 317 g/mol. The molecule has 9 heteroatoms. The molecule has 0 saturated heterocycles. The summed E-state index contributed by atoms with van der Waals surface area (Å²) in [6.45, 7) is 4.31. The van der Waals surface area contributed by atoms with Gasteiger partial charge in [-0.25, -0.2) is 13.2 Å². The van der Waals surface area contributed by atoms with E-state index in [1.165, 1.54) is 11.9 Å². The predicted molar refractivity (Wildman–Crippen MR) is 75.5 cm³/mol. The second-order valence-electron chi connectivity index (χ2n) is 4.38. The second kappa shape index (κ2) is 6.72. The van der Waals surface area contributed by atoms with Gasteiger partial charge in [-0.2, -0.15) is 4.31 Å². The first-order valence-electron chi connectivity index (χ1n) is 6.39. The van der Waals surface area contributed by atoms with Crippen LogP contribution in [-0.4, -0.2) is 66.3 Å².